The summed E-state index contributed by atoms with van der Waals surface area (Å²) in [6.07, 6.45) is 9.35. The van der Waals surface area contributed by atoms with Gasteiger partial charge < -0.3 is 16.8 Å². The van der Waals surface area contributed by atoms with Crippen LogP contribution < -0.4 is 16.8 Å². The Bertz CT molecular complexity index is 441. The summed E-state index contributed by atoms with van der Waals surface area (Å²) in [7, 11) is 0. The molecule has 1 aromatic heterocycles. The van der Waals surface area contributed by atoms with Gasteiger partial charge in [-0.05, 0) is 18.4 Å². The Morgan fingerprint density at radius 1 is 1.37 bits per heavy atom. The molecule has 0 radical (unpaired) electrons. The highest BCUT2D eigenvalue weighted by Gasteiger charge is 2.14. The van der Waals surface area contributed by atoms with Crippen LogP contribution in [0.25, 0.3) is 0 Å². The van der Waals surface area contributed by atoms with Gasteiger partial charge in [-0.1, -0.05) is 32.1 Å². The Morgan fingerprint density at radius 2 is 2.11 bits per heavy atom. The van der Waals surface area contributed by atoms with Crippen molar-refractivity contribution in [3.05, 3.63) is 17.8 Å². The Labute approximate surface area is 113 Å². The largest absolute Gasteiger partial charge is 0.397 e. The summed E-state index contributed by atoms with van der Waals surface area (Å²) in [6, 6.07) is 1.57. The van der Waals surface area contributed by atoms with Crippen LogP contribution in [0.4, 0.5) is 11.5 Å². The van der Waals surface area contributed by atoms with Gasteiger partial charge in [0.25, 0.3) is 5.91 Å². The van der Waals surface area contributed by atoms with Crippen molar-refractivity contribution < 1.29 is 4.79 Å². The van der Waals surface area contributed by atoms with Gasteiger partial charge in [0.05, 0.1) is 17.4 Å². The molecule has 0 bridgehead atoms. The van der Waals surface area contributed by atoms with Gasteiger partial charge in [-0.25, -0.2) is 4.98 Å². The van der Waals surface area contributed by atoms with Crippen LogP contribution in [0, 0.1) is 5.92 Å². The van der Waals surface area contributed by atoms with E-state index in [0.717, 1.165) is 18.9 Å². The Morgan fingerprint density at radius 3 is 2.79 bits per heavy atom. The number of carbonyl (C=O) groups excluding carboxylic acids is 1. The molecule has 1 aliphatic rings. The third-order valence-corrected chi connectivity index (χ3v) is 3.74. The highest BCUT2D eigenvalue weighted by molar-refractivity contribution is 5.98. The molecule has 0 saturated heterocycles. The van der Waals surface area contributed by atoms with Crippen LogP contribution in [-0.4, -0.2) is 17.4 Å². The highest BCUT2D eigenvalue weighted by atomic mass is 16.1. The number of primary amides is 1. The number of carbonyl (C=O) groups is 1. The molecule has 0 unspecified atom stereocenters. The fourth-order valence-corrected chi connectivity index (χ4v) is 2.68. The second-order valence-corrected chi connectivity index (χ2v) is 5.25. The summed E-state index contributed by atoms with van der Waals surface area (Å²) in [5.41, 5.74) is 11.8. The molecule has 0 atom stereocenters. The Kier molecular flexibility index (Phi) is 4.60. The van der Waals surface area contributed by atoms with E-state index in [1.807, 2.05) is 0 Å². The van der Waals surface area contributed by atoms with Crippen molar-refractivity contribution in [2.45, 2.75) is 38.5 Å². The fourth-order valence-electron chi connectivity index (χ4n) is 2.68. The fraction of sp³-hybridized carbons (Fsp3) is 0.571. The van der Waals surface area contributed by atoms with Crippen molar-refractivity contribution in [1.82, 2.24) is 4.98 Å². The van der Waals surface area contributed by atoms with Gasteiger partial charge in [0.15, 0.2) is 0 Å². The normalized spacial score (nSPS) is 16.2. The van der Waals surface area contributed by atoms with E-state index in [9.17, 15) is 4.79 Å². The minimum Gasteiger partial charge on any atom is -0.397 e. The number of nitrogens with zero attached hydrogens (tertiary/aromatic N) is 1. The van der Waals surface area contributed by atoms with E-state index >= 15 is 0 Å². The standard InChI is InChI=1S/C14H22N4O/c15-11-8-12(13(16)19)14(18-9-11)17-7-6-10-4-2-1-3-5-10/h8-10H,1-7,15H2,(H2,16,19)(H,17,18). The molecule has 1 amide bonds. The molecule has 19 heavy (non-hydrogen) atoms. The lowest BCUT2D eigenvalue weighted by Gasteiger charge is -2.21. The van der Waals surface area contributed by atoms with E-state index in [1.165, 1.54) is 38.3 Å². The van der Waals surface area contributed by atoms with Gasteiger partial charge in [0.1, 0.15) is 5.82 Å². The first-order chi connectivity index (χ1) is 9.16. The zero-order chi connectivity index (χ0) is 13.7. The molecule has 2 rings (SSSR count). The summed E-state index contributed by atoms with van der Waals surface area (Å²) in [6.45, 7) is 0.821. The second-order valence-electron chi connectivity index (χ2n) is 5.25. The van der Waals surface area contributed by atoms with Crippen molar-refractivity contribution >= 4 is 17.4 Å². The maximum absolute atomic E-state index is 11.3. The highest BCUT2D eigenvalue weighted by Crippen LogP contribution is 2.26. The number of hydrogen-bond donors (Lipinski definition) is 3. The number of anilines is 2. The number of amides is 1. The van der Waals surface area contributed by atoms with Crippen LogP contribution in [0.3, 0.4) is 0 Å². The number of pyridine rings is 1. The number of hydrogen-bond acceptors (Lipinski definition) is 4. The van der Waals surface area contributed by atoms with Gasteiger partial charge in [0, 0.05) is 6.54 Å². The van der Waals surface area contributed by atoms with E-state index in [-0.39, 0.29) is 0 Å². The molecule has 0 aromatic carbocycles. The maximum atomic E-state index is 11.3. The lowest BCUT2D eigenvalue weighted by atomic mass is 9.87. The number of aromatic nitrogens is 1. The summed E-state index contributed by atoms with van der Waals surface area (Å²) < 4.78 is 0. The van der Waals surface area contributed by atoms with Crippen LogP contribution in [0.5, 0.6) is 0 Å². The van der Waals surface area contributed by atoms with Gasteiger partial charge in [0.2, 0.25) is 0 Å². The molecule has 5 nitrogen and oxygen atoms in total. The minimum atomic E-state index is -0.500. The zero-order valence-electron chi connectivity index (χ0n) is 11.2. The number of rotatable bonds is 5. The SMILES string of the molecule is NC(=O)c1cc(N)cnc1NCCC1CCCCC1. The zero-order valence-corrected chi connectivity index (χ0v) is 11.2. The first-order valence-corrected chi connectivity index (χ1v) is 6.96. The lowest BCUT2D eigenvalue weighted by molar-refractivity contribution is 0.100. The van der Waals surface area contributed by atoms with Crippen molar-refractivity contribution in [2.24, 2.45) is 11.7 Å². The number of nitrogens with one attached hydrogen (secondary N) is 1. The molecule has 1 heterocycles. The van der Waals surface area contributed by atoms with E-state index in [4.69, 9.17) is 11.5 Å². The molecule has 1 saturated carbocycles. The first-order valence-electron chi connectivity index (χ1n) is 6.96. The lowest BCUT2D eigenvalue weighted by Crippen LogP contribution is -2.18. The third kappa shape index (κ3) is 3.84. The summed E-state index contributed by atoms with van der Waals surface area (Å²) in [5, 5.41) is 3.20. The maximum Gasteiger partial charge on any atom is 0.252 e. The van der Waals surface area contributed by atoms with Crippen molar-refractivity contribution in [3.8, 4) is 0 Å². The number of nitrogen functional groups attached to an aromatic ring is 1. The average Bonchev–Trinajstić information content (AvgIpc) is 2.41. The topological polar surface area (TPSA) is 94.0 Å². The van der Waals surface area contributed by atoms with Crippen LogP contribution in [-0.2, 0) is 0 Å². The van der Waals surface area contributed by atoms with E-state index in [1.54, 1.807) is 6.07 Å². The van der Waals surface area contributed by atoms with Crippen molar-refractivity contribution in [2.75, 3.05) is 17.6 Å². The number of nitrogens with two attached hydrogens (primary N) is 2. The monoisotopic (exact) mass is 262 g/mol. The van der Waals surface area contributed by atoms with Gasteiger partial charge in [-0.2, -0.15) is 0 Å². The van der Waals surface area contributed by atoms with Crippen molar-refractivity contribution in [1.29, 1.82) is 0 Å². The predicted octanol–water partition coefficient (Wildman–Crippen LogP) is 2.14. The van der Waals surface area contributed by atoms with Crippen LogP contribution >= 0.6 is 0 Å². The predicted molar refractivity (Wildman–Crippen MR) is 76.8 cm³/mol. The Hall–Kier alpha value is -1.78. The molecular weight excluding hydrogens is 240 g/mol. The summed E-state index contributed by atoms with van der Waals surface area (Å²) in [4.78, 5) is 15.5. The molecule has 1 aliphatic carbocycles. The van der Waals surface area contributed by atoms with Gasteiger partial charge >= 0.3 is 0 Å². The second kappa shape index (κ2) is 6.41. The summed E-state index contributed by atoms with van der Waals surface area (Å²) in [5.74, 6) is 0.838. The van der Waals surface area contributed by atoms with Crippen molar-refractivity contribution in [3.63, 3.8) is 0 Å². The summed E-state index contributed by atoms with van der Waals surface area (Å²) >= 11 is 0. The molecule has 1 fully saturated rings. The van der Waals surface area contributed by atoms with E-state index < -0.39 is 5.91 Å². The first kappa shape index (κ1) is 13.6. The molecule has 1 aromatic rings. The average molecular weight is 262 g/mol. The molecule has 0 aliphatic heterocycles. The molecule has 5 N–H and O–H groups in total. The smallest absolute Gasteiger partial charge is 0.252 e. The van der Waals surface area contributed by atoms with Crippen LogP contribution in [0.2, 0.25) is 0 Å². The van der Waals surface area contributed by atoms with E-state index in [2.05, 4.69) is 10.3 Å². The minimum absolute atomic E-state index is 0.364. The third-order valence-electron chi connectivity index (χ3n) is 3.74. The molecule has 0 spiro atoms. The quantitative estimate of drug-likeness (QED) is 0.757. The molecular formula is C14H22N4O. The molecule has 104 valence electrons. The van der Waals surface area contributed by atoms with Crippen LogP contribution in [0.1, 0.15) is 48.9 Å². The van der Waals surface area contributed by atoms with E-state index in [0.29, 0.717) is 17.1 Å². The molecule has 5 heteroatoms. The van der Waals surface area contributed by atoms with Gasteiger partial charge in [-0.15, -0.1) is 0 Å². The van der Waals surface area contributed by atoms with Crippen LogP contribution in [0.15, 0.2) is 12.3 Å². The van der Waals surface area contributed by atoms with Gasteiger partial charge in [-0.3, -0.25) is 4.79 Å². The Balaban J connectivity index is 1.89.